The number of hydrogen-bond acceptors (Lipinski definition) is 4. The largest absolute Gasteiger partial charge is 0.484 e. The fourth-order valence-electron chi connectivity index (χ4n) is 3.54. The lowest BCUT2D eigenvalue weighted by Gasteiger charge is -2.20. The topological polar surface area (TPSA) is 82.8 Å². The molecule has 5 heteroatoms. The standard InChI is InChI=1S/C18H13ClN2O.C7H17N/c1-11-6-14-7-12(9-20)2-4-15(14)18(11)22-17-5-3-13(10-21)8-16(17)19;1-3-5-6-7(8)4-2/h2-5,7-8,11,18H,6H2,1H3;7H,3-6,8H2,1-2H3/t11-,18?;/m1./s1. The molecule has 2 N–H and O–H groups in total. The van der Waals surface area contributed by atoms with Gasteiger partial charge in [0.2, 0.25) is 0 Å². The Morgan fingerprint density at radius 2 is 1.80 bits per heavy atom. The molecule has 4 nitrogen and oxygen atoms in total. The highest BCUT2D eigenvalue weighted by Crippen LogP contribution is 2.41. The molecule has 1 aliphatic carbocycles. The predicted octanol–water partition coefficient (Wildman–Crippen LogP) is 6.31. The minimum absolute atomic E-state index is 0.0896. The molecule has 0 fully saturated rings. The van der Waals surface area contributed by atoms with Gasteiger partial charge in [0.25, 0.3) is 0 Å². The summed E-state index contributed by atoms with van der Waals surface area (Å²) in [5.41, 5.74) is 9.10. The van der Waals surface area contributed by atoms with Crippen molar-refractivity contribution in [3.8, 4) is 17.9 Å². The first kappa shape index (κ1) is 23.7. The first-order valence-corrected chi connectivity index (χ1v) is 11.0. The predicted molar refractivity (Wildman–Crippen MR) is 121 cm³/mol. The van der Waals surface area contributed by atoms with E-state index in [0.717, 1.165) is 24.0 Å². The van der Waals surface area contributed by atoms with E-state index in [4.69, 9.17) is 32.6 Å². The molecule has 2 aromatic carbocycles. The van der Waals surface area contributed by atoms with Crippen LogP contribution in [0.25, 0.3) is 0 Å². The zero-order valence-corrected chi connectivity index (χ0v) is 18.7. The van der Waals surface area contributed by atoms with E-state index >= 15 is 0 Å². The molecule has 0 spiro atoms. The van der Waals surface area contributed by atoms with Gasteiger partial charge >= 0.3 is 0 Å². The van der Waals surface area contributed by atoms with Gasteiger partial charge in [-0.2, -0.15) is 10.5 Å². The summed E-state index contributed by atoms with van der Waals surface area (Å²) in [4.78, 5) is 0. The van der Waals surface area contributed by atoms with Crippen LogP contribution in [0.1, 0.15) is 74.8 Å². The second-order valence-electron chi connectivity index (χ2n) is 7.81. The fourth-order valence-corrected chi connectivity index (χ4v) is 3.77. The van der Waals surface area contributed by atoms with Crippen molar-refractivity contribution in [3.05, 3.63) is 63.7 Å². The lowest BCUT2D eigenvalue weighted by molar-refractivity contribution is 0.159. The molecule has 0 saturated heterocycles. The molecular weight excluding hydrogens is 394 g/mol. The quantitative estimate of drug-likeness (QED) is 0.590. The van der Waals surface area contributed by atoms with Crippen molar-refractivity contribution in [2.45, 2.75) is 65.0 Å². The summed E-state index contributed by atoms with van der Waals surface area (Å²) >= 11 is 6.19. The molecule has 3 rings (SSSR count). The van der Waals surface area contributed by atoms with Gasteiger partial charge < -0.3 is 10.5 Å². The van der Waals surface area contributed by atoms with E-state index in [1.54, 1.807) is 18.2 Å². The van der Waals surface area contributed by atoms with Crippen LogP contribution >= 0.6 is 11.6 Å². The first-order valence-electron chi connectivity index (χ1n) is 10.6. The summed E-state index contributed by atoms with van der Waals surface area (Å²) in [7, 11) is 0. The summed E-state index contributed by atoms with van der Waals surface area (Å²) in [5.74, 6) is 0.880. The molecule has 3 atom stereocenters. The van der Waals surface area contributed by atoms with Gasteiger partial charge in [0, 0.05) is 12.0 Å². The van der Waals surface area contributed by atoms with Crippen LogP contribution in [0.3, 0.4) is 0 Å². The summed E-state index contributed by atoms with van der Waals surface area (Å²) in [5, 5.41) is 18.3. The van der Waals surface area contributed by atoms with Crippen molar-refractivity contribution < 1.29 is 4.74 Å². The van der Waals surface area contributed by atoms with Gasteiger partial charge in [-0.1, -0.05) is 51.3 Å². The zero-order chi connectivity index (χ0) is 22.1. The van der Waals surface area contributed by atoms with Gasteiger partial charge in [-0.25, -0.2) is 0 Å². The maximum atomic E-state index is 9.00. The lowest BCUT2D eigenvalue weighted by atomic mass is 10.1. The highest BCUT2D eigenvalue weighted by Gasteiger charge is 2.31. The van der Waals surface area contributed by atoms with Crippen LogP contribution in [0, 0.1) is 28.6 Å². The average Bonchev–Trinajstić information content (AvgIpc) is 3.07. The van der Waals surface area contributed by atoms with E-state index < -0.39 is 0 Å². The smallest absolute Gasteiger partial charge is 0.138 e. The molecule has 0 aromatic heterocycles. The van der Waals surface area contributed by atoms with Crippen molar-refractivity contribution in [3.63, 3.8) is 0 Å². The number of fused-ring (bicyclic) bond motifs is 1. The number of hydrogen-bond donors (Lipinski definition) is 1. The molecule has 2 unspecified atom stereocenters. The summed E-state index contributed by atoms with van der Waals surface area (Å²) in [6.07, 6.45) is 5.67. The zero-order valence-electron chi connectivity index (χ0n) is 18.0. The van der Waals surface area contributed by atoms with Crippen LogP contribution in [-0.4, -0.2) is 6.04 Å². The van der Waals surface area contributed by atoms with Crippen molar-refractivity contribution in [1.82, 2.24) is 0 Å². The van der Waals surface area contributed by atoms with Crippen LogP contribution in [0.4, 0.5) is 0 Å². The lowest BCUT2D eigenvalue weighted by Crippen LogP contribution is -2.17. The van der Waals surface area contributed by atoms with Crippen molar-refractivity contribution >= 4 is 11.6 Å². The molecule has 0 aliphatic heterocycles. The SMILES string of the molecule is CCCCC(N)CC.C[C@@H]1Cc2cc(C#N)ccc2C1Oc1ccc(C#N)cc1Cl. The Kier molecular flexibility index (Phi) is 9.18. The van der Waals surface area contributed by atoms with Crippen LogP contribution in [0.5, 0.6) is 5.75 Å². The van der Waals surface area contributed by atoms with E-state index in [9.17, 15) is 0 Å². The Balaban J connectivity index is 0.000000343. The number of unbranched alkanes of at least 4 members (excludes halogenated alkanes) is 1. The molecule has 0 bridgehead atoms. The molecule has 30 heavy (non-hydrogen) atoms. The van der Waals surface area contributed by atoms with Crippen LogP contribution in [0.2, 0.25) is 5.02 Å². The molecule has 0 heterocycles. The third kappa shape index (κ3) is 6.23. The van der Waals surface area contributed by atoms with Gasteiger partial charge in [-0.15, -0.1) is 0 Å². The van der Waals surface area contributed by atoms with Crippen molar-refractivity contribution in [2.75, 3.05) is 0 Å². The Labute approximate surface area is 185 Å². The monoisotopic (exact) mass is 423 g/mol. The van der Waals surface area contributed by atoms with E-state index in [-0.39, 0.29) is 6.10 Å². The van der Waals surface area contributed by atoms with E-state index in [2.05, 4.69) is 32.9 Å². The minimum atomic E-state index is -0.0896. The van der Waals surface area contributed by atoms with Gasteiger partial charge in [0.05, 0.1) is 28.3 Å². The Morgan fingerprint density at radius 1 is 1.13 bits per heavy atom. The fraction of sp³-hybridized carbons (Fsp3) is 0.440. The number of nitrogens with zero attached hydrogens (tertiary/aromatic N) is 2. The van der Waals surface area contributed by atoms with E-state index in [1.807, 2.05) is 18.2 Å². The minimum Gasteiger partial charge on any atom is -0.484 e. The summed E-state index contributed by atoms with van der Waals surface area (Å²) < 4.78 is 6.09. The maximum Gasteiger partial charge on any atom is 0.138 e. The Morgan fingerprint density at radius 3 is 2.40 bits per heavy atom. The highest BCUT2D eigenvalue weighted by atomic mass is 35.5. The summed E-state index contributed by atoms with van der Waals surface area (Å²) in [6, 6.07) is 15.4. The van der Waals surface area contributed by atoms with E-state index in [0.29, 0.717) is 33.9 Å². The molecule has 0 saturated carbocycles. The number of ether oxygens (including phenoxy) is 1. The number of benzene rings is 2. The molecule has 0 radical (unpaired) electrons. The Hall–Kier alpha value is -2.53. The molecule has 2 aromatic rings. The molecule has 1 aliphatic rings. The maximum absolute atomic E-state index is 9.00. The third-order valence-corrected chi connectivity index (χ3v) is 5.70. The number of halogens is 1. The van der Waals surface area contributed by atoms with E-state index in [1.165, 1.54) is 19.3 Å². The van der Waals surface area contributed by atoms with Crippen LogP contribution in [-0.2, 0) is 6.42 Å². The molecule has 0 amide bonds. The van der Waals surface area contributed by atoms with Crippen LogP contribution < -0.4 is 10.5 Å². The molecular formula is C25H30ClN3O. The van der Waals surface area contributed by atoms with Crippen molar-refractivity contribution in [1.29, 1.82) is 10.5 Å². The Bertz CT molecular complexity index is 929. The number of nitriles is 2. The van der Waals surface area contributed by atoms with Gasteiger partial charge in [0.15, 0.2) is 0 Å². The second-order valence-corrected chi connectivity index (χ2v) is 8.22. The second kappa shape index (κ2) is 11.6. The normalized spacial score (nSPS) is 17.7. The number of nitrogens with two attached hydrogens (primary N) is 1. The first-order chi connectivity index (χ1) is 14.4. The van der Waals surface area contributed by atoms with Crippen LogP contribution in [0.15, 0.2) is 36.4 Å². The van der Waals surface area contributed by atoms with Gasteiger partial charge in [0.1, 0.15) is 11.9 Å². The third-order valence-electron chi connectivity index (χ3n) is 5.41. The highest BCUT2D eigenvalue weighted by molar-refractivity contribution is 6.32. The van der Waals surface area contributed by atoms with Gasteiger partial charge in [-0.3, -0.25) is 0 Å². The van der Waals surface area contributed by atoms with Gasteiger partial charge in [-0.05, 0) is 60.7 Å². The number of rotatable bonds is 6. The molecule has 158 valence electrons. The summed E-state index contributed by atoms with van der Waals surface area (Å²) in [6.45, 7) is 6.46. The van der Waals surface area contributed by atoms with Crippen molar-refractivity contribution in [2.24, 2.45) is 11.7 Å². The average molecular weight is 424 g/mol.